The van der Waals surface area contributed by atoms with Crippen LogP contribution in [0.5, 0.6) is 0 Å². The molecule has 1 atom stereocenters. The summed E-state index contributed by atoms with van der Waals surface area (Å²) in [6.45, 7) is 6.11. The third kappa shape index (κ3) is 2.76. The molecule has 3 rings (SSSR count). The van der Waals surface area contributed by atoms with Gasteiger partial charge < -0.3 is 0 Å². The topological polar surface area (TPSA) is 72.2 Å². The van der Waals surface area contributed by atoms with Gasteiger partial charge in [0.2, 0.25) is 5.13 Å². The van der Waals surface area contributed by atoms with E-state index in [4.69, 9.17) is 0 Å². The summed E-state index contributed by atoms with van der Waals surface area (Å²) >= 11 is 2.94. The highest BCUT2D eigenvalue weighted by Gasteiger charge is 2.19. The fourth-order valence-corrected chi connectivity index (χ4v) is 3.95. The predicted molar refractivity (Wildman–Crippen MR) is 89.0 cm³/mol. The highest BCUT2D eigenvalue weighted by Crippen LogP contribution is 2.27. The maximum atomic E-state index is 12.5. The lowest BCUT2D eigenvalue weighted by Gasteiger charge is -2.03. The number of carbonyl (C=O) groups excluding carboxylic acids is 1. The van der Waals surface area contributed by atoms with Gasteiger partial charge in [-0.05, 0) is 13.3 Å². The molecule has 0 aliphatic carbocycles. The average molecular weight is 335 g/mol. The lowest BCUT2D eigenvalue weighted by Crippen LogP contribution is -2.15. The number of carbonyl (C=O) groups is 1. The van der Waals surface area contributed by atoms with E-state index in [-0.39, 0.29) is 5.91 Å². The molecular formula is C14H17N5OS2. The van der Waals surface area contributed by atoms with Gasteiger partial charge in [-0.1, -0.05) is 31.6 Å². The van der Waals surface area contributed by atoms with E-state index in [0.29, 0.717) is 22.4 Å². The van der Waals surface area contributed by atoms with Crippen molar-refractivity contribution >= 4 is 38.7 Å². The first-order valence-electron chi connectivity index (χ1n) is 7.17. The summed E-state index contributed by atoms with van der Waals surface area (Å²) in [7, 11) is 0. The van der Waals surface area contributed by atoms with E-state index in [9.17, 15) is 4.79 Å². The van der Waals surface area contributed by atoms with Crippen LogP contribution in [0.1, 0.15) is 53.8 Å². The van der Waals surface area contributed by atoms with Gasteiger partial charge in [0.1, 0.15) is 10.7 Å². The van der Waals surface area contributed by atoms with Crippen molar-refractivity contribution < 1.29 is 4.79 Å². The normalized spacial score (nSPS) is 12.7. The fourth-order valence-electron chi connectivity index (χ4n) is 2.36. The molecule has 0 radical (unpaired) electrons. The number of hydrogen-bond acceptors (Lipinski definition) is 6. The van der Waals surface area contributed by atoms with Gasteiger partial charge in [0.25, 0.3) is 5.91 Å². The second-order valence-corrected chi connectivity index (χ2v) is 7.07. The minimum Gasteiger partial charge on any atom is -0.295 e. The molecular weight excluding hydrogens is 318 g/mol. The molecule has 0 unspecified atom stereocenters. The van der Waals surface area contributed by atoms with E-state index in [0.717, 1.165) is 22.8 Å². The van der Waals surface area contributed by atoms with Crippen LogP contribution in [0, 0.1) is 6.92 Å². The zero-order chi connectivity index (χ0) is 15.7. The predicted octanol–water partition coefficient (Wildman–Crippen LogP) is 3.71. The van der Waals surface area contributed by atoms with Crippen LogP contribution in [0.15, 0.2) is 11.6 Å². The number of thiazole rings is 1. The number of aryl methyl sites for hydroxylation is 1. The summed E-state index contributed by atoms with van der Waals surface area (Å²) in [5, 5.41) is 14.5. The van der Waals surface area contributed by atoms with Gasteiger partial charge in [-0.25, -0.2) is 4.98 Å². The molecule has 0 fully saturated rings. The summed E-state index contributed by atoms with van der Waals surface area (Å²) in [5.74, 6) is 0.169. The zero-order valence-electron chi connectivity index (χ0n) is 12.7. The van der Waals surface area contributed by atoms with Gasteiger partial charge in [0.05, 0.1) is 5.69 Å². The Morgan fingerprint density at radius 2 is 2.27 bits per heavy atom. The highest BCUT2D eigenvalue weighted by atomic mass is 32.1. The molecule has 0 aliphatic heterocycles. The SMILES string of the molecule is CCC[C@H](C)c1nnc(NC(=O)c2c(C)nc3sccn23)s1. The Balaban J connectivity index is 1.80. The van der Waals surface area contributed by atoms with Crippen LogP contribution in [-0.2, 0) is 0 Å². The second-order valence-electron chi connectivity index (χ2n) is 5.19. The van der Waals surface area contributed by atoms with Crippen LogP contribution in [-0.4, -0.2) is 25.5 Å². The molecule has 0 saturated carbocycles. The largest absolute Gasteiger partial charge is 0.295 e. The Labute approximate surface area is 136 Å². The van der Waals surface area contributed by atoms with Gasteiger partial charge in [-0.3, -0.25) is 14.5 Å². The molecule has 0 aromatic carbocycles. The number of fused-ring (bicyclic) bond motifs is 1. The van der Waals surface area contributed by atoms with E-state index in [2.05, 4.69) is 34.3 Å². The number of nitrogens with zero attached hydrogens (tertiary/aromatic N) is 4. The van der Waals surface area contributed by atoms with Crippen molar-refractivity contribution in [3.63, 3.8) is 0 Å². The highest BCUT2D eigenvalue weighted by molar-refractivity contribution is 7.15. The van der Waals surface area contributed by atoms with Crippen LogP contribution >= 0.6 is 22.7 Å². The molecule has 0 saturated heterocycles. The molecule has 1 amide bonds. The van der Waals surface area contributed by atoms with Gasteiger partial charge in [-0.2, -0.15) is 0 Å². The minimum absolute atomic E-state index is 0.200. The monoisotopic (exact) mass is 335 g/mol. The molecule has 3 heterocycles. The van der Waals surface area contributed by atoms with Crippen molar-refractivity contribution in [1.29, 1.82) is 0 Å². The van der Waals surface area contributed by atoms with Gasteiger partial charge in [-0.15, -0.1) is 21.5 Å². The zero-order valence-corrected chi connectivity index (χ0v) is 14.3. The molecule has 22 heavy (non-hydrogen) atoms. The first-order chi connectivity index (χ1) is 10.6. The standard InChI is InChI=1S/C14H17N5OS2/c1-4-5-8(2)12-17-18-13(22-12)16-11(20)10-9(3)15-14-19(10)6-7-21-14/h6-8H,4-5H2,1-3H3,(H,16,18,20)/t8-/m0/s1. The molecule has 0 spiro atoms. The van der Waals surface area contributed by atoms with Crippen molar-refractivity contribution in [2.75, 3.05) is 5.32 Å². The third-order valence-corrected chi connectivity index (χ3v) is 5.28. The number of rotatable bonds is 5. The average Bonchev–Trinajstić information content (AvgIpc) is 3.14. The lowest BCUT2D eigenvalue weighted by molar-refractivity contribution is 0.102. The number of nitrogens with one attached hydrogen (secondary N) is 1. The van der Waals surface area contributed by atoms with Crippen LogP contribution in [0.3, 0.4) is 0 Å². The van der Waals surface area contributed by atoms with Crippen molar-refractivity contribution in [2.24, 2.45) is 0 Å². The number of hydrogen-bond donors (Lipinski definition) is 1. The number of aromatic nitrogens is 4. The Hall–Kier alpha value is -1.80. The Morgan fingerprint density at radius 1 is 1.45 bits per heavy atom. The molecule has 8 heteroatoms. The van der Waals surface area contributed by atoms with E-state index in [1.807, 2.05) is 18.5 Å². The van der Waals surface area contributed by atoms with E-state index >= 15 is 0 Å². The summed E-state index contributed by atoms with van der Waals surface area (Å²) in [6, 6.07) is 0. The number of anilines is 1. The Bertz CT molecular complexity index is 803. The minimum atomic E-state index is -0.200. The van der Waals surface area contributed by atoms with Crippen molar-refractivity contribution in [2.45, 2.75) is 39.5 Å². The quantitative estimate of drug-likeness (QED) is 0.771. The molecule has 3 aromatic heterocycles. The number of amides is 1. The Kier molecular flexibility index (Phi) is 4.21. The molecule has 0 bridgehead atoms. The van der Waals surface area contributed by atoms with Gasteiger partial charge in [0, 0.05) is 17.5 Å². The lowest BCUT2D eigenvalue weighted by atomic mass is 10.1. The van der Waals surface area contributed by atoms with E-state index in [1.54, 1.807) is 4.40 Å². The summed E-state index contributed by atoms with van der Waals surface area (Å²) in [4.78, 5) is 17.7. The molecule has 116 valence electrons. The van der Waals surface area contributed by atoms with Crippen LogP contribution in [0.4, 0.5) is 5.13 Å². The summed E-state index contributed by atoms with van der Waals surface area (Å²) in [5.41, 5.74) is 1.27. The number of imidazole rings is 1. The molecule has 6 nitrogen and oxygen atoms in total. The van der Waals surface area contributed by atoms with Crippen molar-refractivity contribution in [1.82, 2.24) is 19.6 Å². The summed E-state index contributed by atoms with van der Waals surface area (Å²) < 4.78 is 1.80. The Morgan fingerprint density at radius 3 is 3.05 bits per heavy atom. The van der Waals surface area contributed by atoms with Crippen molar-refractivity contribution in [3.8, 4) is 0 Å². The molecule has 1 N–H and O–H groups in total. The first kappa shape index (κ1) is 15.1. The van der Waals surface area contributed by atoms with E-state index < -0.39 is 0 Å². The third-order valence-electron chi connectivity index (χ3n) is 3.46. The smallest absolute Gasteiger partial charge is 0.276 e. The molecule has 3 aromatic rings. The molecule has 0 aliphatic rings. The maximum absolute atomic E-state index is 12.5. The van der Waals surface area contributed by atoms with Crippen LogP contribution < -0.4 is 5.32 Å². The van der Waals surface area contributed by atoms with Crippen molar-refractivity contribution in [3.05, 3.63) is 28.0 Å². The van der Waals surface area contributed by atoms with Gasteiger partial charge >= 0.3 is 0 Å². The summed E-state index contributed by atoms with van der Waals surface area (Å²) in [6.07, 6.45) is 4.02. The van der Waals surface area contributed by atoms with Crippen LogP contribution in [0.25, 0.3) is 4.96 Å². The fraction of sp³-hybridized carbons (Fsp3) is 0.429. The maximum Gasteiger partial charge on any atom is 0.276 e. The van der Waals surface area contributed by atoms with E-state index in [1.165, 1.54) is 22.7 Å². The second kappa shape index (κ2) is 6.13. The first-order valence-corrected chi connectivity index (χ1v) is 8.86. The van der Waals surface area contributed by atoms with Crippen LogP contribution in [0.2, 0.25) is 0 Å². The van der Waals surface area contributed by atoms with Gasteiger partial charge in [0.15, 0.2) is 4.96 Å².